The highest BCUT2D eigenvalue weighted by atomic mass is 16.5. The van der Waals surface area contributed by atoms with Crippen molar-refractivity contribution in [3.8, 4) is 5.75 Å². The minimum Gasteiger partial charge on any atom is -0.480 e. The fourth-order valence-corrected chi connectivity index (χ4v) is 1.64. The Morgan fingerprint density at radius 2 is 2.44 bits per heavy atom. The van der Waals surface area contributed by atoms with E-state index in [1.54, 1.807) is 17.2 Å². The molecule has 0 aliphatic carbocycles. The summed E-state index contributed by atoms with van der Waals surface area (Å²) >= 11 is 0. The molecule has 1 aromatic rings. The predicted octanol–water partition coefficient (Wildman–Crippen LogP) is 1.19. The summed E-state index contributed by atoms with van der Waals surface area (Å²) in [5, 5.41) is 0. The molecule has 0 atom stereocenters. The van der Waals surface area contributed by atoms with Crippen LogP contribution in [0.25, 0.3) is 0 Å². The number of fused-ring (bicyclic) bond motifs is 1. The maximum Gasteiger partial charge on any atom is 0.266 e. The average molecular weight is 221 g/mol. The van der Waals surface area contributed by atoms with Gasteiger partial charge in [0.15, 0.2) is 18.2 Å². The normalized spacial score (nSPS) is 14.6. The third-order valence-corrected chi connectivity index (χ3v) is 2.50. The third kappa shape index (κ3) is 1.93. The summed E-state index contributed by atoms with van der Waals surface area (Å²) in [5.41, 5.74) is 6.16. The molecule has 0 fully saturated rings. The van der Waals surface area contributed by atoms with Crippen molar-refractivity contribution < 1.29 is 9.53 Å². The van der Waals surface area contributed by atoms with Gasteiger partial charge >= 0.3 is 0 Å². The van der Waals surface area contributed by atoms with Crippen LogP contribution in [-0.2, 0) is 4.79 Å². The number of rotatable bonds is 3. The Kier molecular flexibility index (Phi) is 2.94. The summed E-state index contributed by atoms with van der Waals surface area (Å²) in [7, 11) is 0. The number of hydrogen-bond donors (Lipinski definition) is 1. The summed E-state index contributed by atoms with van der Waals surface area (Å²) < 4.78 is 5.29. The molecule has 0 bridgehead atoms. The molecule has 0 aromatic carbocycles. The maximum absolute atomic E-state index is 11.7. The molecule has 1 amide bonds. The zero-order valence-electron chi connectivity index (χ0n) is 9.27. The van der Waals surface area contributed by atoms with Gasteiger partial charge in [0.1, 0.15) is 0 Å². The van der Waals surface area contributed by atoms with Gasteiger partial charge in [-0.15, -0.1) is 0 Å². The number of aromatic nitrogens is 1. The highest BCUT2D eigenvalue weighted by molar-refractivity contribution is 5.96. The highest BCUT2D eigenvalue weighted by Gasteiger charge is 2.26. The van der Waals surface area contributed by atoms with Crippen LogP contribution in [0.4, 0.5) is 11.5 Å². The van der Waals surface area contributed by atoms with Crippen LogP contribution in [0.15, 0.2) is 12.3 Å². The first kappa shape index (κ1) is 10.7. The van der Waals surface area contributed by atoms with Crippen molar-refractivity contribution in [2.24, 2.45) is 0 Å². The number of hydrogen-bond acceptors (Lipinski definition) is 4. The van der Waals surface area contributed by atoms with Crippen molar-refractivity contribution in [1.29, 1.82) is 0 Å². The molecule has 2 heterocycles. The van der Waals surface area contributed by atoms with Gasteiger partial charge in [0.05, 0.1) is 11.9 Å². The van der Waals surface area contributed by atoms with Gasteiger partial charge in [0, 0.05) is 12.6 Å². The Morgan fingerprint density at radius 1 is 1.62 bits per heavy atom. The van der Waals surface area contributed by atoms with Crippen molar-refractivity contribution in [3.63, 3.8) is 0 Å². The number of nitrogens with two attached hydrogens (primary N) is 1. The van der Waals surface area contributed by atoms with Crippen LogP contribution < -0.4 is 15.4 Å². The largest absolute Gasteiger partial charge is 0.480 e. The van der Waals surface area contributed by atoms with E-state index in [2.05, 4.69) is 11.9 Å². The molecular formula is C11H15N3O2. The number of pyridine rings is 1. The summed E-state index contributed by atoms with van der Waals surface area (Å²) in [6.45, 7) is 2.84. The number of carbonyl (C=O) groups excluding carboxylic acids is 1. The Hall–Kier alpha value is -1.78. The van der Waals surface area contributed by atoms with Crippen LogP contribution in [0.3, 0.4) is 0 Å². The van der Waals surface area contributed by atoms with E-state index >= 15 is 0 Å². The van der Waals surface area contributed by atoms with Crippen LogP contribution in [-0.4, -0.2) is 24.0 Å². The van der Waals surface area contributed by atoms with Gasteiger partial charge in [0.25, 0.3) is 5.91 Å². The third-order valence-electron chi connectivity index (χ3n) is 2.50. The lowest BCUT2D eigenvalue weighted by molar-refractivity contribution is -0.121. The molecule has 0 radical (unpaired) electrons. The van der Waals surface area contributed by atoms with Crippen LogP contribution in [0, 0.1) is 0 Å². The smallest absolute Gasteiger partial charge is 0.266 e. The number of nitrogen functional groups attached to an aromatic ring is 1. The molecule has 0 saturated carbocycles. The molecule has 0 saturated heterocycles. The SMILES string of the molecule is CCCCN1C(=O)COc2cc(N)cnc21. The average Bonchev–Trinajstić information content (AvgIpc) is 2.28. The fraction of sp³-hybridized carbons (Fsp3) is 0.455. The standard InChI is InChI=1S/C11H15N3O2/c1-2-3-4-14-10(15)7-16-9-5-8(12)6-13-11(9)14/h5-6H,2-4,7,12H2,1H3. The molecule has 86 valence electrons. The Morgan fingerprint density at radius 3 is 3.19 bits per heavy atom. The van der Waals surface area contributed by atoms with Crippen molar-refractivity contribution in [3.05, 3.63) is 12.3 Å². The van der Waals surface area contributed by atoms with Crippen LogP contribution in [0.2, 0.25) is 0 Å². The van der Waals surface area contributed by atoms with E-state index in [1.807, 2.05) is 0 Å². The van der Waals surface area contributed by atoms with Gasteiger partial charge in [-0.05, 0) is 6.42 Å². The number of carbonyl (C=O) groups is 1. The number of amides is 1. The predicted molar refractivity (Wildman–Crippen MR) is 61.4 cm³/mol. The van der Waals surface area contributed by atoms with Crippen molar-refractivity contribution in [2.45, 2.75) is 19.8 Å². The van der Waals surface area contributed by atoms with E-state index in [-0.39, 0.29) is 12.5 Å². The van der Waals surface area contributed by atoms with E-state index < -0.39 is 0 Å². The first-order chi connectivity index (χ1) is 7.72. The second-order valence-electron chi connectivity index (χ2n) is 3.78. The summed E-state index contributed by atoms with van der Waals surface area (Å²) in [6, 6.07) is 1.70. The lowest BCUT2D eigenvalue weighted by Crippen LogP contribution is -2.40. The van der Waals surface area contributed by atoms with E-state index in [0.29, 0.717) is 23.8 Å². The zero-order valence-corrected chi connectivity index (χ0v) is 9.27. The molecule has 1 aromatic heterocycles. The summed E-state index contributed by atoms with van der Waals surface area (Å²) in [4.78, 5) is 17.5. The second kappa shape index (κ2) is 4.38. The lowest BCUT2D eigenvalue weighted by Gasteiger charge is -2.28. The molecule has 0 spiro atoms. The molecule has 0 unspecified atom stereocenters. The number of ether oxygens (including phenoxy) is 1. The molecule has 1 aliphatic rings. The van der Waals surface area contributed by atoms with Crippen LogP contribution >= 0.6 is 0 Å². The lowest BCUT2D eigenvalue weighted by atomic mass is 10.2. The maximum atomic E-state index is 11.7. The van der Waals surface area contributed by atoms with Crippen LogP contribution in [0.1, 0.15) is 19.8 Å². The highest BCUT2D eigenvalue weighted by Crippen LogP contribution is 2.31. The van der Waals surface area contributed by atoms with Crippen molar-refractivity contribution in [1.82, 2.24) is 4.98 Å². The fourth-order valence-electron chi connectivity index (χ4n) is 1.64. The Bertz CT molecular complexity index is 406. The van der Waals surface area contributed by atoms with E-state index in [4.69, 9.17) is 10.5 Å². The van der Waals surface area contributed by atoms with Crippen molar-refractivity contribution >= 4 is 17.4 Å². The van der Waals surface area contributed by atoms with Gasteiger partial charge in [-0.2, -0.15) is 0 Å². The van der Waals surface area contributed by atoms with E-state index in [1.165, 1.54) is 0 Å². The van der Waals surface area contributed by atoms with Gasteiger partial charge in [-0.1, -0.05) is 13.3 Å². The molecule has 1 aliphatic heterocycles. The summed E-state index contributed by atoms with van der Waals surface area (Å²) in [5.74, 6) is 1.13. The molecule has 2 rings (SSSR count). The number of anilines is 2. The first-order valence-electron chi connectivity index (χ1n) is 5.41. The number of nitrogens with zero attached hydrogens (tertiary/aromatic N) is 2. The molecule has 2 N–H and O–H groups in total. The van der Waals surface area contributed by atoms with Gasteiger partial charge in [-0.25, -0.2) is 4.98 Å². The molecule has 16 heavy (non-hydrogen) atoms. The van der Waals surface area contributed by atoms with E-state index in [9.17, 15) is 4.79 Å². The Labute approximate surface area is 94.2 Å². The number of unbranched alkanes of at least 4 members (excludes halogenated alkanes) is 1. The van der Waals surface area contributed by atoms with Gasteiger partial charge < -0.3 is 10.5 Å². The van der Waals surface area contributed by atoms with Gasteiger partial charge in [-0.3, -0.25) is 9.69 Å². The van der Waals surface area contributed by atoms with E-state index in [0.717, 1.165) is 12.8 Å². The summed E-state index contributed by atoms with van der Waals surface area (Å²) in [6.07, 6.45) is 3.53. The quantitative estimate of drug-likeness (QED) is 0.832. The minimum atomic E-state index is -0.0433. The second-order valence-corrected chi connectivity index (χ2v) is 3.78. The monoisotopic (exact) mass is 221 g/mol. The molecule has 5 heteroatoms. The van der Waals surface area contributed by atoms with Crippen molar-refractivity contribution in [2.75, 3.05) is 23.8 Å². The topological polar surface area (TPSA) is 68.5 Å². The molecular weight excluding hydrogens is 206 g/mol. The first-order valence-corrected chi connectivity index (χ1v) is 5.41. The minimum absolute atomic E-state index is 0.0433. The zero-order chi connectivity index (χ0) is 11.5. The molecule has 5 nitrogen and oxygen atoms in total. The van der Waals surface area contributed by atoms with Crippen LogP contribution in [0.5, 0.6) is 5.75 Å². The Balaban J connectivity index is 2.29. The van der Waals surface area contributed by atoms with Gasteiger partial charge in [0.2, 0.25) is 0 Å².